The van der Waals surface area contributed by atoms with Gasteiger partial charge in [0.1, 0.15) is 5.02 Å². The van der Waals surface area contributed by atoms with E-state index in [4.69, 9.17) is 11.6 Å². The monoisotopic (exact) mass is 274 g/mol. The van der Waals surface area contributed by atoms with Crippen molar-refractivity contribution in [1.82, 2.24) is 9.97 Å². The lowest BCUT2D eigenvalue weighted by molar-refractivity contribution is 0.720. The molecule has 0 bridgehead atoms. The number of halogens is 1. The summed E-state index contributed by atoms with van der Waals surface area (Å²) in [4.78, 5) is 10.8. The van der Waals surface area contributed by atoms with Crippen LogP contribution in [0.15, 0.2) is 30.5 Å². The van der Waals surface area contributed by atoms with Gasteiger partial charge in [0, 0.05) is 20.1 Å². The number of nitrogens with one attached hydrogen (secondary N) is 1. The van der Waals surface area contributed by atoms with Crippen LogP contribution >= 0.6 is 11.6 Å². The van der Waals surface area contributed by atoms with Gasteiger partial charge in [0.15, 0.2) is 5.82 Å². The molecule has 0 spiro atoms. The summed E-state index contributed by atoms with van der Waals surface area (Å²) >= 11 is 6.22. The summed E-state index contributed by atoms with van der Waals surface area (Å²) in [7, 11) is 1.80. The van der Waals surface area contributed by atoms with E-state index in [1.54, 1.807) is 13.2 Å². The summed E-state index contributed by atoms with van der Waals surface area (Å²) in [5, 5.41) is 3.54. The highest BCUT2D eigenvalue weighted by atomic mass is 35.5. The van der Waals surface area contributed by atoms with Crippen LogP contribution in [0.25, 0.3) is 0 Å². The Balaban J connectivity index is 1.92. The molecule has 5 heteroatoms. The van der Waals surface area contributed by atoms with E-state index >= 15 is 0 Å². The van der Waals surface area contributed by atoms with Crippen molar-refractivity contribution in [2.24, 2.45) is 0 Å². The van der Waals surface area contributed by atoms with E-state index in [1.165, 1.54) is 11.1 Å². The number of nitrogens with zero attached hydrogens (tertiary/aromatic N) is 3. The van der Waals surface area contributed by atoms with Crippen LogP contribution in [0.2, 0.25) is 5.02 Å². The second kappa shape index (κ2) is 5.05. The first-order valence-electron chi connectivity index (χ1n) is 6.30. The molecule has 0 fully saturated rings. The zero-order chi connectivity index (χ0) is 13.2. The fourth-order valence-corrected chi connectivity index (χ4v) is 2.59. The fraction of sp³-hybridized carbons (Fsp3) is 0.286. The van der Waals surface area contributed by atoms with Crippen molar-refractivity contribution < 1.29 is 0 Å². The molecule has 0 saturated heterocycles. The van der Waals surface area contributed by atoms with Crippen LogP contribution in [0.1, 0.15) is 11.1 Å². The summed E-state index contributed by atoms with van der Waals surface area (Å²) in [5.41, 5.74) is 2.76. The van der Waals surface area contributed by atoms with Gasteiger partial charge >= 0.3 is 0 Å². The SMILES string of the molecule is CNc1ncc(Cl)c(N2CCc3ccccc3C2)n1. The van der Waals surface area contributed by atoms with Crippen molar-refractivity contribution in [3.8, 4) is 0 Å². The van der Waals surface area contributed by atoms with Crippen molar-refractivity contribution in [3.05, 3.63) is 46.6 Å². The third kappa shape index (κ3) is 2.36. The molecule has 0 atom stereocenters. The Hall–Kier alpha value is -1.81. The summed E-state index contributed by atoms with van der Waals surface area (Å²) in [5.74, 6) is 1.40. The summed E-state index contributed by atoms with van der Waals surface area (Å²) < 4.78 is 0. The third-order valence-corrected chi connectivity index (χ3v) is 3.65. The molecule has 98 valence electrons. The van der Waals surface area contributed by atoms with Crippen molar-refractivity contribution in [1.29, 1.82) is 0 Å². The smallest absolute Gasteiger partial charge is 0.224 e. The Kier molecular flexibility index (Phi) is 3.25. The van der Waals surface area contributed by atoms with Gasteiger partial charge in [-0.25, -0.2) is 4.98 Å². The maximum absolute atomic E-state index is 6.22. The Morgan fingerprint density at radius 2 is 2.05 bits per heavy atom. The predicted molar refractivity (Wildman–Crippen MR) is 77.8 cm³/mol. The van der Waals surface area contributed by atoms with E-state index in [2.05, 4.69) is 44.5 Å². The first-order valence-corrected chi connectivity index (χ1v) is 6.68. The van der Waals surface area contributed by atoms with Crippen LogP contribution < -0.4 is 10.2 Å². The second-order valence-corrected chi connectivity index (χ2v) is 4.96. The van der Waals surface area contributed by atoms with Crippen LogP contribution in [0, 0.1) is 0 Å². The molecule has 1 aromatic heterocycles. The Bertz CT molecular complexity index is 600. The molecule has 3 rings (SSSR count). The lowest BCUT2D eigenvalue weighted by Gasteiger charge is -2.30. The minimum atomic E-state index is 0.596. The van der Waals surface area contributed by atoms with E-state index in [1.807, 2.05) is 0 Å². The molecular formula is C14H15ClN4. The highest BCUT2D eigenvalue weighted by molar-refractivity contribution is 6.32. The molecule has 0 unspecified atom stereocenters. The zero-order valence-electron chi connectivity index (χ0n) is 10.7. The molecular weight excluding hydrogens is 260 g/mol. The van der Waals surface area contributed by atoms with E-state index in [9.17, 15) is 0 Å². The molecule has 0 radical (unpaired) electrons. The molecule has 4 nitrogen and oxygen atoms in total. The molecule has 2 aromatic rings. The van der Waals surface area contributed by atoms with Crippen LogP contribution in [-0.4, -0.2) is 23.6 Å². The summed E-state index contributed by atoms with van der Waals surface area (Å²) in [6.07, 6.45) is 2.67. The van der Waals surface area contributed by atoms with Gasteiger partial charge in [0.2, 0.25) is 5.95 Å². The van der Waals surface area contributed by atoms with E-state index < -0.39 is 0 Å². The largest absolute Gasteiger partial charge is 0.357 e. The first kappa shape index (κ1) is 12.2. The number of hydrogen-bond acceptors (Lipinski definition) is 4. The third-order valence-electron chi connectivity index (χ3n) is 3.38. The molecule has 19 heavy (non-hydrogen) atoms. The minimum absolute atomic E-state index is 0.596. The maximum Gasteiger partial charge on any atom is 0.224 e. The average molecular weight is 275 g/mol. The first-order chi connectivity index (χ1) is 9.28. The highest BCUT2D eigenvalue weighted by Gasteiger charge is 2.19. The van der Waals surface area contributed by atoms with Crippen molar-refractivity contribution in [2.75, 3.05) is 23.8 Å². The number of fused-ring (bicyclic) bond motifs is 1. The molecule has 1 N–H and O–H groups in total. The molecule has 0 amide bonds. The molecule has 0 saturated carbocycles. The number of rotatable bonds is 2. The Morgan fingerprint density at radius 3 is 2.84 bits per heavy atom. The van der Waals surface area contributed by atoms with Crippen molar-refractivity contribution in [2.45, 2.75) is 13.0 Å². The predicted octanol–water partition coefficient (Wildman–Crippen LogP) is 2.73. The maximum atomic E-state index is 6.22. The highest BCUT2D eigenvalue weighted by Crippen LogP contribution is 2.28. The van der Waals surface area contributed by atoms with Gasteiger partial charge in [-0.15, -0.1) is 0 Å². The number of benzene rings is 1. The van der Waals surface area contributed by atoms with Gasteiger partial charge in [0.25, 0.3) is 0 Å². The standard InChI is InChI=1S/C14H15ClN4/c1-16-14-17-8-12(15)13(18-14)19-7-6-10-4-2-3-5-11(10)9-19/h2-5,8H,6-7,9H2,1H3,(H,16,17,18). The quantitative estimate of drug-likeness (QED) is 0.914. The van der Waals surface area contributed by atoms with Crippen LogP contribution in [0.3, 0.4) is 0 Å². The lowest BCUT2D eigenvalue weighted by atomic mass is 10.00. The Labute approximate surface area is 117 Å². The van der Waals surface area contributed by atoms with Gasteiger partial charge in [-0.1, -0.05) is 35.9 Å². The fourth-order valence-electron chi connectivity index (χ4n) is 2.38. The molecule has 2 heterocycles. The normalized spacial score (nSPS) is 14.1. The second-order valence-electron chi connectivity index (χ2n) is 4.56. The van der Waals surface area contributed by atoms with Crippen LogP contribution in [0.4, 0.5) is 11.8 Å². The van der Waals surface area contributed by atoms with Crippen molar-refractivity contribution >= 4 is 23.4 Å². The van der Waals surface area contributed by atoms with Gasteiger partial charge in [-0.3, -0.25) is 0 Å². The average Bonchev–Trinajstić information content (AvgIpc) is 2.47. The van der Waals surface area contributed by atoms with Crippen LogP contribution in [-0.2, 0) is 13.0 Å². The molecule has 1 aliphatic heterocycles. The van der Waals surface area contributed by atoms with E-state index in [-0.39, 0.29) is 0 Å². The number of hydrogen-bond donors (Lipinski definition) is 1. The number of anilines is 2. The van der Waals surface area contributed by atoms with Crippen molar-refractivity contribution in [3.63, 3.8) is 0 Å². The summed E-state index contributed by atoms with van der Waals surface area (Å²) in [6, 6.07) is 8.51. The van der Waals surface area contributed by atoms with Gasteiger partial charge < -0.3 is 10.2 Å². The van der Waals surface area contributed by atoms with Crippen LogP contribution in [0.5, 0.6) is 0 Å². The van der Waals surface area contributed by atoms with E-state index in [0.29, 0.717) is 11.0 Å². The van der Waals surface area contributed by atoms with Gasteiger partial charge in [-0.05, 0) is 17.5 Å². The van der Waals surface area contributed by atoms with Gasteiger partial charge in [0.05, 0.1) is 6.20 Å². The Morgan fingerprint density at radius 1 is 1.26 bits per heavy atom. The molecule has 0 aliphatic carbocycles. The minimum Gasteiger partial charge on any atom is -0.357 e. The van der Waals surface area contributed by atoms with E-state index in [0.717, 1.165) is 25.3 Å². The lowest BCUT2D eigenvalue weighted by Crippen LogP contribution is -2.31. The van der Waals surface area contributed by atoms with Gasteiger partial charge in [-0.2, -0.15) is 4.98 Å². The topological polar surface area (TPSA) is 41.1 Å². The number of aromatic nitrogens is 2. The summed E-state index contributed by atoms with van der Waals surface area (Å²) in [6.45, 7) is 1.77. The molecule has 1 aliphatic rings. The molecule has 1 aromatic carbocycles. The zero-order valence-corrected chi connectivity index (χ0v) is 11.5.